The molecule has 0 aliphatic rings. The van der Waals surface area contributed by atoms with Crippen molar-refractivity contribution in [1.82, 2.24) is 0 Å². The van der Waals surface area contributed by atoms with E-state index in [1.165, 1.54) is 11.1 Å². The molecule has 0 aliphatic heterocycles. The maximum absolute atomic E-state index is 5.80. The van der Waals surface area contributed by atoms with Gasteiger partial charge in [-0.1, -0.05) is 34.1 Å². The second kappa shape index (κ2) is 7.70. The molecule has 0 saturated carbocycles. The number of alkyl halides is 1. The smallest absolute Gasteiger partial charge is 0.133 e. The van der Waals surface area contributed by atoms with Gasteiger partial charge in [0.2, 0.25) is 0 Å². The minimum atomic E-state index is 0.651. The van der Waals surface area contributed by atoms with Crippen LogP contribution in [-0.2, 0) is 11.8 Å². The summed E-state index contributed by atoms with van der Waals surface area (Å²) >= 11 is 6.97. The van der Waals surface area contributed by atoms with Gasteiger partial charge in [-0.3, -0.25) is 0 Å². The summed E-state index contributed by atoms with van der Waals surface area (Å²) < 4.78 is 11.9. The van der Waals surface area contributed by atoms with Gasteiger partial charge in [0.1, 0.15) is 11.5 Å². The average Bonchev–Trinajstić information content (AvgIpc) is 2.49. The Morgan fingerprint density at radius 2 is 1.70 bits per heavy atom. The minimum absolute atomic E-state index is 0.651. The molecule has 0 aromatic heterocycles. The van der Waals surface area contributed by atoms with Crippen LogP contribution in [0, 0.1) is 0 Å². The summed E-state index contributed by atoms with van der Waals surface area (Å²) in [6.07, 6.45) is 0.872. The lowest BCUT2D eigenvalue weighted by Crippen LogP contribution is -2.02. The van der Waals surface area contributed by atoms with Crippen molar-refractivity contribution >= 4 is 31.9 Å². The molecule has 0 atom stereocenters. The summed E-state index contributed by atoms with van der Waals surface area (Å²) in [7, 11) is 1.67. The van der Waals surface area contributed by atoms with E-state index >= 15 is 0 Å². The fraction of sp³-hybridized carbons (Fsp3) is 0.250. The lowest BCUT2D eigenvalue weighted by Gasteiger charge is -2.09. The number of rotatable bonds is 6. The van der Waals surface area contributed by atoms with Crippen molar-refractivity contribution in [1.29, 1.82) is 0 Å². The first-order valence-corrected chi connectivity index (χ1v) is 8.24. The van der Waals surface area contributed by atoms with Crippen LogP contribution in [0.4, 0.5) is 0 Å². The van der Waals surface area contributed by atoms with Gasteiger partial charge in [0, 0.05) is 11.8 Å². The molecule has 0 spiro atoms. The van der Waals surface area contributed by atoms with Gasteiger partial charge in [-0.15, -0.1) is 0 Å². The summed E-state index contributed by atoms with van der Waals surface area (Å²) in [6, 6.07) is 14.2. The van der Waals surface area contributed by atoms with Crippen LogP contribution in [0.3, 0.4) is 0 Å². The van der Waals surface area contributed by atoms with E-state index < -0.39 is 0 Å². The van der Waals surface area contributed by atoms with Crippen molar-refractivity contribution in [3.05, 3.63) is 58.1 Å². The van der Waals surface area contributed by atoms with E-state index in [0.29, 0.717) is 6.61 Å². The number of halogens is 2. The van der Waals surface area contributed by atoms with Gasteiger partial charge < -0.3 is 9.47 Å². The van der Waals surface area contributed by atoms with Crippen LogP contribution in [0.2, 0.25) is 0 Å². The molecule has 0 aliphatic carbocycles. The Morgan fingerprint density at radius 1 is 1.00 bits per heavy atom. The molecule has 0 fully saturated rings. The number of benzene rings is 2. The van der Waals surface area contributed by atoms with Gasteiger partial charge >= 0.3 is 0 Å². The first-order chi connectivity index (χ1) is 9.72. The molecule has 0 radical (unpaired) electrons. The average molecular weight is 400 g/mol. The Kier molecular flexibility index (Phi) is 5.92. The third-order valence-corrected chi connectivity index (χ3v) is 4.23. The first kappa shape index (κ1) is 15.4. The summed E-state index contributed by atoms with van der Waals surface area (Å²) in [5.41, 5.74) is 2.46. The molecule has 0 saturated heterocycles. The largest absolute Gasteiger partial charge is 0.497 e. The highest BCUT2D eigenvalue weighted by Gasteiger charge is 2.03. The van der Waals surface area contributed by atoms with E-state index in [2.05, 4.69) is 56.1 Å². The fourth-order valence-electron chi connectivity index (χ4n) is 1.82. The Bertz CT molecular complexity index is 553. The third kappa shape index (κ3) is 4.25. The van der Waals surface area contributed by atoms with E-state index in [0.717, 1.165) is 27.7 Å². The van der Waals surface area contributed by atoms with Gasteiger partial charge in [0.25, 0.3) is 0 Å². The molecule has 2 aromatic rings. The van der Waals surface area contributed by atoms with Crippen LogP contribution in [0.5, 0.6) is 11.5 Å². The number of hydrogen-bond acceptors (Lipinski definition) is 2. The normalized spacial score (nSPS) is 10.3. The number of methoxy groups -OCH3 is 1. The van der Waals surface area contributed by atoms with Crippen LogP contribution in [0.1, 0.15) is 11.1 Å². The van der Waals surface area contributed by atoms with Crippen LogP contribution in [0.15, 0.2) is 46.9 Å². The molecule has 2 aromatic carbocycles. The molecule has 2 nitrogen and oxygen atoms in total. The quantitative estimate of drug-likeness (QED) is 0.638. The molecule has 2 rings (SSSR count). The Balaban J connectivity index is 1.88. The molecule has 0 heterocycles. The van der Waals surface area contributed by atoms with Crippen LogP contribution in [0.25, 0.3) is 0 Å². The molecule has 0 unspecified atom stereocenters. The van der Waals surface area contributed by atoms with Crippen molar-refractivity contribution in [2.24, 2.45) is 0 Å². The zero-order valence-corrected chi connectivity index (χ0v) is 14.4. The maximum atomic E-state index is 5.80. The first-order valence-electron chi connectivity index (χ1n) is 6.33. The van der Waals surface area contributed by atoms with Gasteiger partial charge in [0.15, 0.2) is 0 Å². The second-order valence-electron chi connectivity index (χ2n) is 4.34. The summed E-state index contributed by atoms with van der Waals surface area (Å²) in [4.78, 5) is 0. The highest BCUT2D eigenvalue weighted by atomic mass is 79.9. The van der Waals surface area contributed by atoms with Crippen molar-refractivity contribution in [3.8, 4) is 11.5 Å². The van der Waals surface area contributed by atoms with Gasteiger partial charge in [-0.05, 0) is 51.3 Å². The topological polar surface area (TPSA) is 18.5 Å². The SMILES string of the molecule is COc1ccc(CCOc2ccc(CBr)cc2Br)cc1. The van der Waals surface area contributed by atoms with Gasteiger partial charge in [-0.2, -0.15) is 0 Å². The van der Waals surface area contributed by atoms with Crippen LogP contribution in [-0.4, -0.2) is 13.7 Å². The summed E-state index contributed by atoms with van der Waals surface area (Å²) in [5, 5.41) is 0.845. The summed E-state index contributed by atoms with van der Waals surface area (Å²) in [5.74, 6) is 1.76. The predicted octanol–water partition coefficient (Wildman–Crippen LogP) is 4.97. The van der Waals surface area contributed by atoms with Gasteiger partial charge in [0.05, 0.1) is 18.2 Å². The van der Waals surface area contributed by atoms with Crippen molar-refractivity contribution in [2.45, 2.75) is 11.8 Å². The molecular formula is C16H16Br2O2. The van der Waals surface area contributed by atoms with E-state index in [1.54, 1.807) is 7.11 Å². The summed E-state index contributed by atoms with van der Waals surface area (Å²) in [6.45, 7) is 0.651. The number of ether oxygens (including phenoxy) is 2. The van der Waals surface area contributed by atoms with Crippen LogP contribution >= 0.6 is 31.9 Å². The Labute approximate surface area is 136 Å². The third-order valence-electron chi connectivity index (χ3n) is 2.96. The minimum Gasteiger partial charge on any atom is -0.497 e. The zero-order valence-electron chi connectivity index (χ0n) is 11.2. The molecule has 0 amide bonds. The lowest BCUT2D eigenvalue weighted by atomic mass is 10.1. The van der Waals surface area contributed by atoms with Crippen molar-refractivity contribution in [2.75, 3.05) is 13.7 Å². The standard InChI is InChI=1S/C16H16Br2O2/c1-19-14-5-2-12(3-6-14)8-9-20-16-7-4-13(11-17)10-15(16)18/h2-7,10H,8-9,11H2,1H3. The molecule has 4 heteroatoms. The van der Waals surface area contributed by atoms with E-state index in [-0.39, 0.29) is 0 Å². The van der Waals surface area contributed by atoms with Crippen LogP contribution < -0.4 is 9.47 Å². The fourth-order valence-corrected chi connectivity index (χ4v) is 2.71. The monoisotopic (exact) mass is 398 g/mol. The second-order valence-corrected chi connectivity index (χ2v) is 5.76. The maximum Gasteiger partial charge on any atom is 0.133 e. The Hall–Kier alpha value is -1.000. The van der Waals surface area contributed by atoms with Crippen molar-refractivity contribution < 1.29 is 9.47 Å². The molecular weight excluding hydrogens is 384 g/mol. The lowest BCUT2D eigenvalue weighted by molar-refractivity contribution is 0.320. The highest BCUT2D eigenvalue weighted by molar-refractivity contribution is 9.10. The molecule has 20 heavy (non-hydrogen) atoms. The van der Waals surface area contributed by atoms with Gasteiger partial charge in [-0.25, -0.2) is 0 Å². The van der Waals surface area contributed by atoms with E-state index in [4.69, 9.17) is 9.47 Å². The zero-order chi connectivity index (χ0) is 14.4. The molecule has 0 N–H and O–H groups in total. The van der Waals surface area contributed by atoms with E-state index in [1.807, 2.05) is 18.2 Å². The Morgan fingerprint density at radius 3 is 2.30 bits per heavy atom. The molecule has 0 bridgehead atoms. The predicted molar refractivity (Wildman–Crippen MR) is 89.0 cm³/mol. The molecule has 106 valence electrons. The van der Waals surface area contributed by atoms with E-state index in [9.17, 15) is 0 Å². The number of hydrogen-bond donors (Lipinski definition) is 0. The van der Waals surface area contributed by atoms with Crippen molar-refractivity contribution in [3.63, 3.8) is 0 Å². The highest BCUT2D eigenvalue weighted by Crippen LogP contribution is 2.27.